The van der Waals surface area contributed by atoms with Gasteiger partial charge in [0.2, 0.25) is 0 Å². The minimum Gasteiger partial charge on any atom is -0.493 e. The lowest BCUT2D eigenvalue weighted by molar-refractivity contribution is 0.230. The number of ether oxygens (including phenoxy) is 1. The van der Waals surface area contributed by atoms with E-state index in [-0.39, 0.29) is 12.0 Å². The Morgan fingerprint density at radius 1 is 1.43 bits per heavy atom. The van der Waals surface area contributed by atoms with Crippen molar-refractivity contribution in [2.24, 2.45) is 5.41 Å². The normalized spacial score (nSPS) is 18.8. The van der Waals surface area contributed by atoms with Gasteiger partial charge in [0.25, 0.3) is 0 Å². The monoisotopic (exact) mass is 355 g/mol. The van der Waals surface area contributed by atoms with Gasteiger partial charge in [0.1, 0.15) is 5.75 Å². The smallest absolute Gasteiger partial charge is 0.125 e. The first-order valence-electron chi connectivity index (χ1n) is 7.78. The summed E-state index contributed by atoms with van der Waals surface area (Å²) in [6.45, 7) is 6.52. The van der Waals surface area contributed by atoms with Crippen molar-refractivity contribution in [2.45, 2.75) is 45.6 Å². The number of fused-ring (bicyclic) bond motifs is 1. The fourth-order valence-electron chi connectivity index (χ4n) is 2.80. The molecule has 1 atom stereocenters. The van der Waals surface area contributed by atoms with Crippen LogP contribution in [0.2, 0.25) is 0 Å². The van der Waals surface area contributed by atoms with Gasteiger partial charge in [-0.15, -0.1) is 0 Å². The first-order chi connectivity index (χ1) is 10.0. The highest BCUT2D eigenvalue weighted by atomic mass is 79.9. The van der Waals surface area contributed by atoms with Crippen LogP contribution in [-0.4, -0.2) is 24.9 Å². The zero-order valence-electron chi connectivity index (χ0n) is 13.0. The van der Waals surface area contributed by atoms with Gasteiger partial charge in [-0.25, -0.2) is 0 Å². The van der Waals surface area contributed by atoms with E-state index >= 15 is 0 Å². The van der Waals surface area contributed by atoms with E-state index in [9.17, 15) is 0 Å². The Bertz CT molecular complexity index is 462. The second-order valence-corrected chi connectivity index (χ2v) is 7.51. The average Bonchev–Trinajstić information content (AvgIpc) is 2.65. The molecule has 0 aromatic heterocycles. The molecule has 1 heterocycles. The number of rotatable bonds is 6. The third kappa shape index (κ3) is 4.97. The third-order valence-corrected chi connectivity index (χ3v) is 4.58. The largest absolute Gasteiger partial charge is 0.493 e. The van der Waals surface area contributed by atoms with Crippen molar-refractivity contribution in [1.82, 2.24) is 5.32 Å². The molecule has 1 aromatic rings. The second kappa shape index (κ2) is 7.61. The Kier molecular flexibility index (Phi) is 6.08. The van der Waals surface area contributed by atoms with Crippen molar-refractivity contribution >= 4 is 15.9 Å². The van der Waals surface area contributed by atoms with Gasteiger partial charge in [-0.05, 0) is 43.2 Å². The van der Waals surface area contributed by atoms with Crippen LogP contribution in [0.4, 0.5) is 0 Å². The summed E-state index contributed by atoms with van der Waals surface area (Å²) in [4.78, 5) is 0. The second-order valence-electron chi connectivity index (χ2n) is 6.60. The lowest BCUT2D eigenvalue weighted by atomic mass is 9.87. The van der Waals surface area contributed by atoms with Crippen LogP contribution in [0.5, 0.6) is 5.75 Å². The Hall–Kier alpha value is -0.580. The molecule has 1 unspecified atom stereocenters. The van der Waals surface area contributed by atoms with Gasteiger partial charge < -0.3 is 15.2 Å². The number of nitrogens with one attached hydrogen (secondary N) is 1. The minimum absolute atomic E-state index is 0.200. The number of hydrogen-bond acceptors (Lipinski definition) is 3. The molecule has 0 amide bonds. The highest BCUT2D eigenvalue weighted by Crippen LogP contribution is 2.34. The molecule has 0 spiro atoms. The summed E-state index contributed by atoms with van der Waals surface area (Å²) < 4.78 is 6.91. The number of benzene rings is 1. The van der Waals surface area contributed by atoms with Crippen molar-refractivity contribution in [3.05, 3.63) is 28.2 Å². The molecule has 0 radical (unpaired) electrons. The van der Waals surface area contributed by atoms with Crippen LogP contribution in [0.1, 0.15) is 51.1 Å². The van der Waals surface area contributed by atoms with E-state index in [4.69, 9.17) is 9.84 Å². The van der Waals surface area contributed by atoms with Gasteiger partial charge in [-0.2, -0.15) is 0 Å². The SMILES string of the molecule is CC(C)(CCCO)CNC1CCCOc2cc(Br)ccc21. The van der Waals surface area contributed by atoms with Gasteiger partial charge in [0.15, 0.2) is 0 Å². The molecule has 3 nitrogen and oxygen atoms in total. The van der Waals surface area contributed by atoms with E-state index in [2.05, 4.69) is 53.3 Å². The Morgan fingerprint density at radius 2 is 2.24 bits per heavy atom. The summed E-state index contributed by atoms with van der Waals surface area (Å²) >= 11 is 3.51. The zero-order chi connectivity index (χ0) is 15.3. The molecule has 1 aromatic carbocycles. The highest BCUT2D eigenvalue weighted by molar-refractivity contribution is 9.10. The summed E-state index contributed by atoms with van der Waals surface area (Å²) in [7, 11) is 0. The topological polar surface area (TPSA) is 41.5 Å². The molecular weight excluding hydrogens is 330 g/mol. The summed E-state index contributed by atoms with van der Waals surface area (Å²) in [6.07, 6.45) is 4.07. The van der Waals surface area contributed by atoms with Gasteiger partial charge in [-0.1, -0.05) is 35.8 Å². The first kappa shape index (κ1) is 16.8. The number of aliphatic hydroxyl groups is 1. The van der Waals surface area contributed by atoms with Gasteiger partial charge in [0, 0.05) is 29.2 Å². The highest BCUT2D eigenvalue weighted by Gasteiger charge is 2.23. The van der Waals surface area contributed by atoms with E-state index in [0.29, 0.717) is 6.04 Å². The van der Waals surface area contributed by atoms with Crippen LogP contribution in [-0.2, 0) is 0 Å². The molecule has 0 saturated carbocycles. The Morgan fingerprint density at radius 3 is 3.00 bits per heavy atom. The third-order valence-electron chi connectivity index (χ3n) is 4.08. The zero-order valence-corrected chi connectivity index (χ0v) is 14.6. The predicted molar refractivity (Wildman–Crippen MR) is 89.7 cm³/mol. The number of hydrogen-bond donors (Lipinski definition) is 2. The van der Waals surface area contributed by atoms with Crippen LogP contribution in [0, 0.1) is 5.41 Å². The molecule has 2 rings (SSSR count). The van der Waals surface area contributed by atoms with Crippen molar-refractivity contribution < 1.29 is 9.84 Å². The average molecular weight is 356 g/mol. The molecule has 1 aliphatic rings. The summed E-state index contributed by atoms with van der Waals surface area (Å²) in [6, 6.07) is 6.65. The van der Waals surface area contributed by atoms with Crippen molar-refractivity contribution in [1.29, 1.82) is 0 Å². The molecule has 0 aliphatic carbocycles. The Balaban J connectivity index is 2.03. The molecule has 4 heteroatoms. The van der Waals surface area contributed by atoms with E-state index in [1.165, 1.54) is 5.56 Å². The van der Waals surface area contributed by atoms with Gasteiger partial charge in [-0.3, -0.25) is 0 Å². The molecule has 0 saturated heterocycles. The maximum absolute atomic E-state index is 9.00. The Labute approximate surface area is 136 Å². The molecule has 118 valence electrons. The number of halogens is 1. The fourth-order valence-corrected chi connectivity index (χ4v) is 3.14. The van der Waals surface area contributed by atoms with E-state index in [1.54, 1.807) is 0 Å². The van der Waals surface area contributed by atoms with Gasteiger partial charge in [0.05, 0.1) is 6.61 Å². The van der Waals surface area contributed by atoms with Crippen LogP contribution in [0.15, 0.2) is 22.7 Å². The number of aliphatic hydroxyl groups excluding tert-OH is 1. The predicted octanol–water partition coefficient (Wildman–Crippen LogP) is 4.05. The van der Waals surface area contributed by atoms with Crippen LogP contribution >= 0.6 is 15.9 Å². The maximum Gasteiger partial charge on any atom is 0.125 e. The van der Waals surface area contributed by atoms with Crippen LogP contribution < -0.4 is 10.1 Å². The molecule has 0 bridgehead atoms. The molecule has 21 heavy (non-hydrogen) atoms. The van der Waals surface area contributed by atoms with Crippen LogP contribution in [0.3, 0.4) is 0 Å². The lowest BCUT2D eigenvalue weighted by Crippen LogP contribution is -2.32. The molecule has 1 aliphatic heterocycles. The van der Waals surface area contributed by atoms with E-state index in [1.807, 2.05) is 0 Å². The van der Waals surface area contributed by atoms with Crippen molar-refractivity contribution in [3.8, 4) is 5.75 Å². The minimum atomic E-state index is 0.200. The quantitative estimate of drug-likeness (QED) is 0.808. The summed E-state index contributed by atoms with van der Waals surface area (Å²) in [5.74, 6) is 0.993. The fraction of sp³-hybridized carbons (Fsp3) is 0.647. The summed E-state index contributed by atoms with van der Waals surface area (Å²) in [5, 5.41) is 12.7. The summed E-state index contributed by atoms with van der Waals surface area (Å²) in [5.41, 5.74) is 1.46. The maximum atomic E-state index is 9.00. The molecule has 2 N–H and O–H groups in total. The lowest BCUT2D eigenvalue weighted by Gasteiger charge is -2.28. The van der Waals surface area contributed by atoms with Gasteiger partial charge >= 0.3 is 0 Å². The molecule has 0 fully saturated rings. The van der Waals surface area contributed by atoms with Crippen LogP contribution in [0.25, 0.3) is 0 Å². The van der Waals surface area contributed by atoms with E-state index < -0.39 is 0 Å². The molecular formula is C17H26BrNO2. The first-order valence-corrected chi connectivity index (χ1v) is 8.58. The van der Waals surface area contributed by atoms with E-state index in [0.717, 1.165) is 49.1 Å². The standard InChI is InChI=1S/C17H26BrNO2/c1-17(2,8-4-9-20)12-19-15-5-3-10-21-16-11-13(18)6-7-14(15)16/h6-7,11,15,19-20H,3-5,8-10,12H2,1-2H3. The van der Waals surface area contributed by atoms with Crippen molar-refractivity contribution in [3.63, 3.8) is 0 Å². The van der Waals surface area contributed by atoms with Crippen molar-refractivity contribution in [2.75, 3.05) is 19.8 Å².